The minimum absolute atomic E-state index is 0.00301. The number of aliphatic hydroxyl groups excluding tert-OH is 1. The van der Waals surface area contributed by atoms with Crippen LogP contribution in [-0.4, -0.2) is 35.5 Å². The fourth-order valence-corrected chi connectivity index (χ4v) is 3.81. The molecule has 1 saturated heterocycles. The first-order valence-electron chi connectivity index (χ1n) is 6.67. The first kappa shape index (κ1) is 13.0. The lowest BCUT2D eigenvalue weighted by Gasteiger charge is -2.27. The minimum Gasteiger partial charge on any atom is -0.392 e. The molecule has 1 aromatic rings. The molecule has 4 nitrogen and oxygen atoms in total. The molecule has 5 heteroatoms. The van der Waals surface area contributed by atoms with Gasteiger partial charge in [0.1, 0.15) is 0 Å². The molecule has 1 amide bonds. The van der Waals surface area contributed by atoms with E-state index in [2.05, 4.69) is 22.8 Å². The van der Waals surface area contributed by atoms with E-state index in [9.17, 15) is 9.90 Å². The summed E-state index contributed by atoms with van der Waals surface area (Å²) in [6.07, 6.45) is 1.07. The van der Waals surface area contributed by atoms with Gasteiger partial charge in [0.2, 0.25) is 5.91 Å². The van der Waals surface area contributed by atoms with Gasteiger partial charge in [0.25, 0.3) is 0 Å². The van der Waals surface area contributed by atoms with Gasteiger partial charge in [-0.1, -0.05) is 18.2 Å². The van der Waals surface area contributed by atoms with E-state index in [1.165, 1.54) is 10.5 Å². The highest BCUT2D eigenvalue weighted by Gasteiger charge is 2.30. The summed E-state index contributed by atoms with van der Waals surface area (Å²) in [5.74, 6) is 1.03. The number of nitrogens with one attached hydrogen (secondary N) is 2. The van der Waals surface area contributed by atoms with E-state index in [1.54, 1.807) is 0 Å². The zero-order valence-corrected chi connectivity index (χ0v) is 11.5. The quantitative estimate of drug-likeness (QED) is 0.757. The van der Waals surface area contributed by atoms with Crippen LogP contribution >= 0.6 is 11.8 Å². The van der Waals surface area contributed by atoms with Gasteiger partial charge in [-0.15, -0.1) is 11.8 Å². The van der Waals surface area contributed by atoms with Gasteiger partial charge in [0.05, 0.1) is 18.2 Å². The molecule has 2 heterocycles. The highest BCUT2D eigenvalue weighted by atomic mass is 32.2. The van der Waals surface area contributed by atoms with Crippen LogP contribution in [0.2, 0.25) is 0 Å². The molecule has 0 saturated carbocycles. The lowest BCUT2D eigenvalue weighted by molar-refractivity contribution is -0.123. The molecule has 0 radical (unpaired) electrons. The summed E-state index contributed by atoms with van der Waals surface area (Å²) in [6, 6.07) is 8.09. The molecular formula is C14H18N2O2S. The maximum absolute atomic E-state index is 12.2. The number of β-amino-alcohol motifs (C(OH)–C–C–N with tert-alkyl or cyclic N) is 1. The van der Waals surface area contributed by atoms with Gasteiger partial charge in [-0.25, -0.2) is 0 Å². The average Bonchev–Trinajstić information content (AvgIpc) is 2.86. The predicted octanol–water partition coefficient (Wildman–Crippen LogP) is 1.06. The summed E-state index contributed by atoms with van der Waals surface area (Å²) in [4.78, 5) is 13.4. The summed E-state index contributed by atoms with van der Waals surface area (Å²) in [5, 5.41) is 15.6. The Morgan fingerprint density at radius 1 is 1.42 bits per heavy atom. The molecule has 0 bridgehead atoms. The summed E-state index contributed by atoms with van der Waals surface area (Å²) in [7, 11) is 0. The predicted molar refractivity (Wildman–Crippen MR) is 75.1 cm³/mol. The summed E-state index contributed by atoms with van der Waals surface area (Å²) in [5.41, 5.74) is 1.21. The molecule has 102 valence electrons. The molecule has 3 N–H and O–H groups in total. The van der Waals surface area contributed by atoms with Crippen LogP contribution in [0.1, 0.15) is 24.4 Å². The van der Waals surface area contributed by atoms with Crippen molar-refractivity contribution < 1.29 is 9.90 Å². The van der Waals surface area contributed by atoms with Crippen LogP contribution < -0.4 is 10.6 Å². The van der Waals surface area contributed by atoms with E-state index in [1.807, 2.05) is 23.9 Å². The van der Waals surface area contributed by atoms with Crippen LogP contribution in [-0.2, 0) is 4.79 Å². The van der Waals surface area contributed by atoms with Gasteiger partial charge in [-0.2, -0.15) is 0 Å². The molecule has 19 heavy (non-hydrogen) atoms. The van der Waals surface area contributed by atoms with Crippen molar-refractivity contribution in [2.24, 2.45) is 0 Å². The molecule has 2 aliphatic heterocycles. The average molecular weight is 278 g/mol. The van der Waals surface area contributed by atoms with E-state index < -0.39 is 6.10 Å². The summed E-state index contributed by atoms with van der Waals surface area (Å²) >= 11 is 1.85. The van der Waals surface area contributed by atoms with Gasteiger partial charge >= 0.3 is 0 Å². The largest absolute Gasteiger partial charge is 0.392 e. The van der Waals surface area contributed by atoms with Crippen molar-refractivity contribution in [2.75, 3.05) is 12.3 Å². The zero-order chi connectivity index (χ0) is 13.2. The molecule has 0 aliphatic carbocycles. The lowest BCUT2D eigenvalue weighted by atomic mass is 10.0. The van der Waals surface area contributed by atoms with Crippen molar-refractivity contribution in [3.8, 4) is 0 Å². The Labute approximate surface area is 117 Å². The Morgan fingerprint density at radius 2 is 2.26 bits per heavy atom. The van der Waals surface area contributed by atoms with Gasteiger partial charge in [-0.3, -0.25) is 4.79 Å². The third-order valence-electron chi connectivity index (χ3n) is 3.70. The van der Waals surface area contributed by atoms with E-state index in [0.29, 0.717) is 13.0 Å². The first-order valence-corrected chi connectivity index (χ1v) is 7.66. The van der Waals surface area contributed by atoms with Crippen LogP contribution in [0.3, 0.4) is 0 Å². The number of thioether (sulfide) groups is 1. The monoisotopic (exact) mass is 278 g/mol. The van der Waals surface area contributed by atoms with Gasteiger partial charge < -0.3 is 15.7 Å². The SMILES string of the molecule is O=C(N[C@@H]1CCSc2ccccc21)[C@@H]1C[C@H](O)CN1. The third-order valence-corrected chi connectivity index (χ3v) is 4.82. The van der Waals surface area contributed by atoms with Crippen LogP contribution in [0.15, 0.2) is 29.2 Å². The van der Waals surface area contributed by atoms with E-state index >= 15 is 0 Å². The number of fused-ring (bicyclic) bond motifs is 1. The maximum Gasteiger partial charge on any atom is 0.237 e. The highest BCUT2D eigenvalue weighted by molar-refractivity contribution is 7.99. The van der Waals surface area contributed by atoms with Gasteiger partial charge in [0, 0.05) is 17.2 Å². The standard InChI is InChI=1S/C14H18N2O2S/c17-9-7-12(15-8-9)14(18)16-11-5-6-19-13-4-2-1-3-10(11)13/h1-4,9,11-12,15,17H,5-8H2,(H,16,18)/t9-,11+,12-/m0/s1. The number of carbonyl (C=O) groups excluding carboxylic acids is 1. The van der Waals surface area contributed by atoms with E-state index in [-0.39, 0.29) is 18.0 Å². The van der Waals surface area contributed by atoms with E-state index in [4.69, 9.17) is 0 Å². The van der Waals surface area contributed by atoms with E-state index in [0.717, 1.165) is 12.2 Å². The second kappa shape index (κ2) is 5.53. The molecule has 0 unspecified atom stereocenters. The highest BCUT2D eigenvalue weighted by Crippen LogP contribution is 2.35. The number of hydrogen-bond donors (Lipinski definition) is 3. The van der Waals surface area contributed by atoms with Crippen molar-refractivity contribution in [1.29, 1.82) is 0 Å². The fourth-order valence-electron chi connectivity index (χ4n) is 2.68. The molecule has 2 aliphatic rings. The van der Waals surface area contributed by atoms with Crippen molar-refractivity contribution in [1.82, 2.24) is 10.6 Å². The third kappa shape index (κ3) is 2.78. The second-order valence-corrected chi connectivity index (χ2v) is 6.22. The number of hydrogen-bond acceptors (Lipinski definition) is 4. The molecule has 0 spiro atoms. The summed E-state index contributed by atoms with van der Waals surface area (Å²) < 4.78 is 0. The van der Waals surface area contributed by atoms with Crippen molar-refractivity contribution in [3.05, 3.63) is 29.8 Å². The van der Waals surface area contributed by atoms with Crippen LogP contribution in [0, 0.1) is 0 Å². The molecule has 0 aromatic heterocycles. The Morgan fingerprint density at radius 3 is 3.05 bits per heavy atom. The molecular weight excluding hydrogens is 260 g/mol. The van der Waals surface area contributed by atoms with Crippen LogP contribution in [0.4, 0.5) is 0 Å². The van der Waals surface area contributed by atoms with Crippen LogP contribution in [0.25, 0.3) is 0 Å². The fraction of sp³-hybridized carbons (Fsp3) is 0.500. The molecule has 1 aromatic carbocycles. The Bertz CT molecular complexity index is 480. The second-order valence-electron chi connectivity index (χ2n) is 5.09. The van der Waals surface area contributed by atoms with Crippen LogP contribution in [0.5, 0.6) is 0 Å². The molecule has 1 fully saturated rings. The molecule has 3 atom stereocenters. The lowest BCUT2D eigenvalue weighted by Crippen LogP contribution is -2.42. The summed E-state index contributed by atoms with van der Waals surface area (Å²) in [6.45, 7) is 0.509. The molecule has 3 rings (SSSR count). The van der Waals surface area contributed by atoms with Crippen molar-refractivity contribution >= 4 is 17.7 Å². The normalized spacial score (nSPS) is 29.8. The van der Waals surface area contributed by atoms with Gasteiger partial charge in [-0.05, 0) is 24.5 Å². The number of carbonyl (C=O) groups is 1. The topological polar surface area (TPSA) is 61.4 Å². The number of amides is 1. The van der Waals surface area contributed by atoms with Crippen molar-refractivity contribution in [2.45, 2.75) is 35.9 Å². The Kier molecular flexibility index (Phi) is 3.77. The first-order chi connectivity index (χ1) is 9.24. The smallest absolute Gasteiger partial charge is 0.237 e. The zero-order valence-electron chi connectivity index (χ0n) is 10.6. The number of benzene rings is 1. The number of aliphatic hydroxyl groups is 1. The number of rotatable bonds is 2. The minimum atomic E-state index is -0.398. The van der Waals surface area contributed by atoms with Gasteiger partial charge in [0.15, 0.2) is 0 Å². The maximum atomic E-state index is 12.2. The van der Waals surface area contributed by atoms with Crippen molar-refractivity contribution in [3.63, 3.8) is 0 Å². The Hall–Kier alpha value is -1.04. The Balaban J connectivity index is 1.69.